The van der Waals surface area contributed by atoms with Crippen molar-refractivity contribution in [1.82, 2.24) is 10.2 Å². The molecule has 1 N–H and O–H groups in total. The van der Waals surface area contributed by atoms with Crippen molar-refractivity contribution in [3.05, 3.63) is 48.2 Å². The molecule has 0 amide bonds. The number of hydrogen-bond acceptors (Lipinski definition) is 4. The smallest absolute Gasteiger partial charge is 0.194 e. The number of benzene rings is 1. The topological polar surface area (TPSA) is 40.8 Å². The van der Waals surface area contributed by atoms with Gasteiger partial charge in [-0.15, -0.1) is 0 Å². The first-order valence-electron chi connectivity index (χ1n) is 6.46. The number of nitrogens with zero attached hydrogens (tertiary/aromatic N) is 2. The average molecular weight is 255 g/mol. The SMILES string of the molecule is CN1CCN=C1NCc1ccc(-c2ccccc2)o1. The van der Waals surface area contributed by atoms with Gasteiger partial charge in [0.15, 0.2) is 5.96 Å². The van der Waals surface area contributed by atoms with Crippen LogP contribution in [0.4, 0.5) is 0 Å². The molecule has 3 rings (SSSR count). The number of hydrogen-bond donors (Lipinski definition) is 1. The highest BCUT2D eigenvalue weighted by molar-refractivity contribution is 5.81. The van der Waals surface area contributed by atoms with E-state index < -0.39 is 0 Å². The van der Waals surface area contributed by atoms with Crippen LogP contribution >= 0.6 is 0 Å². The van der Waals surface area contributed by atoms with E-state index in [9.17, 15) is 0 Å². The normalized spacial score (nSPS) is 14.6. The molecular weight excluding hydrogens is 238 g/mol. The summed E-state index contributed by atoms with van der Waals surface area (Å²) in [5.74, 6) is 2.76. The van der Waals surface area contributed by atoms with E-state index in [0.29, 0.717) is 6.54 Å². The molecule has 0 spiro atoms. The minimum absolute atomic E-state index is 0.663. The number of rotatable bonds is 3. The average Bonchev–Trinajstić information content (AvgIpc) is 3.06. The van der Waals surface area contributed by atoms with Crippen molar-refractivity contribution in [2.45, 2.75) is 6.54 Å². The van der Waals surface area contributed by atoms with Crippen LogP contribution in [0.5, 0.6) is 0 Å². The molecule has 4 heteroatoms. The predicted octanol–water partition coefficient (Wildman–Crippen LogP) is 2.34. The maximum absolute atomic E-state index is 5.83. The van der Waals surface area contributed by atoms with E-state index in [1.54, 1.807) is 0 Å². The lowest BCUT2D eigenvalue weighted by molar-refractivity contribution is 0.495. The fourth-order valence-corrected chi connectivity index (χ4v) is 2.12. The van der Waals surface area contributed by atoms with Crippen LogP contribution in [-0.4, -0.2) is 31.0 Å². The lowest BCUT2D eigenvalue weighted by atomic mass is 10.2. The van der Waals surface area contributed by atoms with Gasteiger partial charge in [-0.25, -0.2) is 0 Å². The standard InChI is InChI=1S/C15H17N3O/c1-18-10-9-16-15(18)17-11-13-7-8-14(19-13)12-5-3-2-4-6-12/h2-8H,9-11H2,1H3,(H,16,17). The van der Waals surface area contributed by atoms with Crippen molar-refractivity contribution in [1.29, 1.82) is 0 Å². The Labute approximate surface area is 112 Å². The van der Waals surface area contributed by atoms with E-state index in [4.69, 9.17) is 4.42 Å². The summed E-state index contributed by atoms with van der Waals surface area (Å²) in [6, 6.07) is 14.1. The van der Waals surface area contributed by atoms with Crippen molar-refractivity contribution in [3.63, 3.8) is 0 Å². The van der Waals surface area contributed by atoms with Gasteiger partial charge < -0.3 is 14.6 Å². The summed E-state index contributed by atoms with van der Waals surface area (Å²) in [5.41, 5.74) is 1.10. The van der Waals surface area contributed by atoms with Gasteiger partial charge in [0.1, 0.15) is 11.5 Å². The second-order valence-corrected chi connectivity index (χ2v) is 4.61. The van der Waals surface area contributed by atoms with Crippen LogP contribution in [0.1, 0.15) is 5.76 Å². The lowest BCUT2D eigenvalue weighted by Crippen LogP contribution is -2.34. The van der Waals surface area contributed by atoms with E-state index >= 15 is 0 Å². The summed E-state index contributed by atoms with van der Waals surface area (Å²) in [5, 5.41) is 3.29. The highest BCUT2D eigenvalue weighted by Gasteiger charge is 2.12. The fraction of sp³-hybridized carbons (Fsp3) is 0.267. The third-order valence-electron chi connectivity index (χ3n) is 3.20. The van der Waals surface area contributed by atoms with Crippen LogP contribution in [-0.2, 0) is 6.54 Å². The Balaban J connectivity index is 1.66. The van der Waals surface area contributed by atoms with Gasteiger partial charge in [-0.05, 0) is 12.1 Å². The molecule has 98 valence electrons. The van der Waals surface area contributed by atoms with Gasteiger partial charge in [0, 0.05) is 19.2 Å². The first-order chi connectivity index (χ1) is 9.33. The number of guanidine groups is 1. The van der Waals surface area contributed by atoms with Crippen LogP contribution in [0.3, 0.4) is 0 Å². The lowest BCUT2D eigenvalue weighted by Gasteiger charge is -2.14. The Bertz CT molecular complexity index is 574. The summed E-state index contributed by atoms with van der Waals surface area (Å²) in [7, 11) is 2.04. The number of aliphatic imine (C=N–C) groups is 1. The summed E-state index contributed by atoms with van der Waals surface area (Å²) in [6.45, 7) is 2.51. The minimum Gasteiger partial charge on any atom is -0.459 e. The van der Waals surface area contributed by atoms with Crippen molar-refractivity contribution < 1.29 is 4.42 Å². The second-order valence-electron chi connectivity index (χ2n) is 4.61. The molecule has 0 saturated carbocycles. The van der Waals surface area contributed by atoms with Crippen molar-refractivity contribution >= 4 is 5.96 Å². The zero-order valence-corrected chi connectivity index (χ0v) is 11.0. The van der Waals surface area contributed by atoms with Crippen molar-refractivity contribution in [2.75, 3.05) is 20.1 Å². The molecule has 0 saturated heterocycles. The van der Waals surface area contributed by atoms with Gasteiger partial charge in [0.2, 0.25) is 0 Å². The van der Waals surface area contributed by atoms with Crippen LogP contribution < -0.4 is 5.32 Å². The quantitative estimate of drug-likeness (QED) is 0.915. The van der Waals surface area contributed by atoms with E-state index in [1.807, 2.05) is 49.5 Å². The predicted molar refractivity (Wildman–Crippen MR) is 75.9 cm³/mol. The van der Waals surface area contributed by atoms with Gasteiger partial charge in [-0.2, -0.15) is 0 Å². The number of likely N-dealkylation sites (N-methyl/N-ethyl adjacent to an activating group) is 1. The number of nitrogens with one attached hydrogen (secondary N) is 1. The van der Waals surface area contributed by atoms with Gasteiger partial charge in [0.05, 0.1) is 13.1 Å². The van der Waals surface area contributed by atoms with E-state index in [2.05, 4.69) is 15.2 Å². The summed E-state index contributed by atoms with van der Waals surface area (Å²) in [4.78, 5) is 6.50. The van der Waals surface area contributed by atoms with Gasteiger partial charge in [-0.3, -0.25) is 4.99 Å². The zero-order chi connectivity index (χ0) is 13.1. The molecule has 1 aromatic carbocycles. The molecule has 4 nitrogen and oxygen atoms in total. The monoisotopic (exact) mass is 255 g/mol. The van der Waals surface area contributed by atoms with Gasteiger partial charge in [0.25, 0.3) is 0 Å². The van der Waals surface area contributed by atoms with Crippen molar-refractivity contribution in [3.8, 4) is 11.3 Å². The first-order valence-corrected chi connectivity index (χ1v) is 6.46. The molecule has 0 fully saturated rings. The molecule has 0 unspecified atom stereocenters. The van der Waals surface area contributed by atoms with E-state index in [0.717, 1.165) is 36.1 Å². The Morgan fingerprint density at radius 1 is 1.21 bits per heavy atom. The maximum Gasteiger partial charge on any atom is 0.194 e. The molecular formula is C15H17N3O. The summed E-state index contributed by atoms with van der Waals surface area (Å²) >= 11 is 0. The van der Waals surface area contributed by atoms with Crippen molar-refractivity contribution in [2.24, 2.45) is 4.99 Å². The molecule has 19 heavy (non-hydrogen) atoms. The molecule has 0 radical (unpaired) electrons. The Hall–Kier alpha value is -2.23. The second kappa shape index (κ2) is 5.18. The van der Waals surface area contributed by atoms with Gasteiger partial charge in [-0.1, -0.05) is 30.3 Å². The first kappa shape index (κ1) is 11.8. The third-order valence-corrected chi connectivity index (χ3v) is 3.20. The fourth-order valence-electron chi connectivity index (χ4n) is 2.12. The van der Waals surface area contributed by atoms with Gasteiger partial charge >= 0.3 is 0 Å². The number of furan rings is 1. The Kier molecular flexibility index (Phi) is 3.23. The molecule has 2 heterocycles. The summed E-state index contributed by atoms with van der Waals surface area (Å²) in [6.07, 6.45) is 0. The van der Waals surface area contributed by atoms with E-state index in [1.165, 1.54) is 0 Å². The molecule has 1 aromatic heterocycles. The molecule has 1 aliphatic heterocycles. The maximum atomic E-state index is 5.83. The highest BCUT2D eigenvalue weighted by atomic mass is 16.3. The Morgan fingerprint density at radius 3 is 2.79 bits per heavy atom. The highest BCUT2D eigenvalue weighted by Crippen LogP contribution is 2.21. The minimum atomic E-state index is 0.663. The molecule has 1 aliphatic rings. The van der Waals surface area contributed by atoms with Crippen LogP contribution in [0.25, 0.3) is 11.3 Å². The zero-order valence-electron chi connectivity index (χ0n) is 11.0. The third kappa shape index (κ3) is 2.62. The largest absolute Gasteiger partial charge is 0.459 e. The molecule has 0 bridgehead atoms. The summed E-state index contributed by atoms with van der Waals surface area (Å²) < 4.78 is 5.83. The van der Waals surface area contributed by atoms with Crippen LogP contribution in [0.15, 0.2) is 51.9 Å². The molecule has 0 atom stereocenters. The molecule has 0 aliphatic carbocycles. The van der Waals surface area contributed by atoms with Crippen LogP contribution in [0.2, 0.25) is 0 Å². The molecule has 2 aromatic rings. The van der Waals surface area contributed by atoms with E-state index in [-0.39, 0.29) is 0 Å². The Morgan fingerprint density at radius 2 is 2.05 bits per heavy atom. The van der Waals surface area contributed by atoms with Crippen LogP contribution in [0, 0.1) is 0 Å².